The Kier molecular flexibility index (Phi) is 8.44. The lowest BCUT2D eigenvalue weighted by Crippen LogP contribution is -2.53. The predicted molar refractivity (Wildman–Crippen MR) is 196 cm³/mol. The van der Waals surface area contributed by atoms with E-state index in [1.54, 1.807) is 42.5 Å². The van der Waals surface area contributed by atoms with Crippen LogP contribution in [0.25, 0.3) is 0 Å². The van der Waals surface area contributed by atoms with Gasteiger partial charge >= 0.3 is 7.12 Å². The van der Waals surface area contributed by atoms with Gasteiger partial charge in [0, 0.05) is 28.6 Å². The van der Waals surface area contributed by atoms with E-state index in [0.29, 0.717) is 27.4 Å². The first-order valence-corrected chi connectivity index (χ1v) is 17.6. The van der Waals surface area contributed by atoms with Gasteiger partial charge in [-0.05, 0) is 60.1 Å². The smallest absolute Gasteiger partial charge is 0.488 e. The Morgan fingerprint density at radius 2 is 1.43 bits per heavy atom. The summed E-state index contributed by atoms with van der Waals surface area (Å²) >= 11 is 6.41. The van der Waals surface area contributed by atoms with Crippen molar-refractivity contribution in [2.75, 3.05) is 24.0 Å². The Hall–Kier alpha value is -5.43. The van der Waals surface area contributed by atoms with Crippen molar-refractivity contribution in [3.8, 4) is 17.2 Å². The maximum absolute atomic E-state index is 15.5. The van der Waals surface area contributed by atoms with Crippen LogP contribution in [0, 0.1) is 23.7 Å². The summed E-state index contributed by atoms with van der Waals surface area (Å²) in [4.78, 5) is 61.5. The molecule has 3 N–H and O–H groups in total. The molecular weight excluding hydrogens is 699 g/mol. The number of hydrogen-bond donors (Lipinski definition) is 3. The van der Waals surface area contributed by atoms with Crippen LogP contribution >= 0.6 is 11.6 Å². The van der Waals surface area contributed by atoms with Crippen molar-refractivity contribution in [3.63, 3.8) is 0 Å². The maximum Gasteiger partial charge on any atom is 0.488 e. The number of hydrogen-bond acceptors (Lipinski definition) is 9. The van der Waals surface area contributed by atoms with Crippen LogP contribution < -0.4 is 24.7 Å². The van der Waals surface area contributed by atoms with Crippen LogP contribution in [0.5, 0.6) is 17.2 Å². The molecule has 2 saturated heterocycles. The van der Waals surface area contributed by atoms with Crippen LogP contribution in [0.3, 0.4) is 0 Å². The molecule has 8 rings (SSSR count). The molecule has 4 aromatic carbocycles. The standard InChI is InChI=1S/C40H34BClN2O9/c1-52-31-18-26(45)19-32(53-2)34(31)35-27-14-15-28-33(38(48)43(36(28)46)24-12-6-10-22(16-24)41(50)51)29(27)20-30-37(47)44(25-13-7-11-23(42)17-25)39(49)40(30,35)21-8-4-3-5-9-21/h3-14,16-19,28-30,33,35,45,50-51H,15,20H2,1-2H3/t28-,29+,30-,33-,35+,40+/m0/s1. The molecule has 2 aliphatic carbocycles. The van der Waals surface area contributed by atoms with Crippen LogP contribution in [-0.4, -0.2) is 60.1 Å². The van der Waals surface area contributed by atoms with Crippen LogP contribution in [0.2, 0.25) is 5.02 Å². The van der Waals surface area contributed by atoms with E-state index in [1.165, 1.54) is 49.5 Å². The lowest BCUT2D eigenvalue weighted by molar-refractivity contribution is -0.127. The Bertz CT molecular complexity index is 2200. The van der Waals surface area contributed by atoms with Gasteiger partial charge in [-0.3, -0.25) is 24.1 Å². The number of rotatable bonds is 7. The monoisotopic (exact) mass is 732 g/mol. The van der Waals surface area contributed by atoms with Crippen molar-refractivity contribution in [3.05, 3.63) is 119 Å². The number of fused-ring (bicyclic) bond motifs is 4. The van der Waals surface area contributed by atoms with Gasteiger partial charge in [0.1, 0.15) is 17.2 Å². The Morgan fingerprint density at radius 1 is 0.774 bits per heavy atom. The molecule has 1 saturated carbocycles. The lowest BCUT2D eigenvalue weighted by atomic mass is 9.49. The highest BCUT2D eigenvalue weighted by Gasteiger charge is 2.71. The lowest BCUT2D eigenvalue weighted by Gasteiger charge is -2.51. The summed E-state index contributed by atoms with van der Waals surface area (Å²) in [5.74, 6) is -6.00. The van der Waals surface area contributed by atoms with E-state index in [-0.39, 0.29) is 41.2 Å². The van der Waals surface area contributed by atoms with Gasteiger partial charge in [-0.15, -0.1) is 0 Å². The molecule has 2 aliphatic heterocycles. The number of methoxy groups -OCH3 is 2. The number of ether oxygens (including phenoxy) is 2. The van der Waals surface area contributed by atoms with E-state index >= 15 is 9.59 Å². The molecule has 0 bridgehead atoms. The van der Waals surface area contributed by atoms with Crippen molar-refractivity contribution < 1.29 is 43.8 Å². The summed E-state index contributed by atoms with van der Waals surface area (Å²) in [5, 5.41) is 30.8. The number of phenols is 1. The Balaban J connectivity index is 1.38. The van der Waals surface area contributed by atoms with E-state index in [9.17, 15) is 24.7 Å². The molecule has 4 amide bonds. The molecule has 13 heteroatoms. The second-order valence-corrected chi connectivity index (χ2v) is 14.3. The second kappa shape index (κ2) is 12.9. The SMILES string of the molecule is COc1cc(O)cc(OC)c1[C@H]1C2=CC[C@@H]3C(=O)N(c4cccc(B(O)O)c4)C(=O)[C@@H]3[C@@H]2C[C@H]2C(=O)N(c3cccc(Cl)c3)C(=O)[C@@]12c1ccccc1. The summed E-state index contributed by atoms with van der Waals surface area (Å²) in [6.07, 6.45) is 2.13. The Morgan fingerprint density at radius 3 is 2.08 bits per heavy atom. The van der Waals surface area contributed by atoms with Crippen LogP contribution in [-0.2, 0) is 24.6 Å². The summed E-state index contributed by atoms with van der Waals surface area (Å²) in [6.45, 7) is 0. The van der Waals surface area contributed by atoms with Gasteiger partial charge in [-0.2, -0.15) is 0 Å². The highest BCUT2D eigenvalue weighted by atomic mass is 35.5. The summed E-state index contributed by atoms with van der Waals surface area (Å²) in [5.41, 5.74) is 0.655. The number of benzene rings is 4. The van der Waals surface area contributed by atoms with Crippen molar-refractivity contribution in [1.29, 1.82) is 0 Å². The first-order valence-electron chi connectivity index (χ1n) is 17.2. The minimum Gasteiger partial charge on any atom is -0.508 e. The molecule has 11 nitrogen and oxygen atoms in total. The number of nitrogens with zero attached hydrogens (tertiary/aromatic N) is 2. The quantitative estimate of drug-likeness (QED) is 0.145. The fourth-order valence-electron chi connectivity index (χ4n) is 9.35. The second-order valence-electron chi connectivity index (χ2n) is 13.8. The average Bonchev–Trinajstić information content (AvgIpc) is 3.55. The van der Waals surface area contributed by atoms with Gasteiger partial charge < -0.3 is 24.6 Å². The predicted octanol–water partition coefficient (Wildman–Crippen LogP) is 4.11. The van der Waals surface area contributed by atoms with E-state index < -0.39 is 65.8 Å². The molecule has 0 aromatic heterocycles. The zero-order valence-corrected chi connectivity index (χ0v) is 29.4. The number of carbonyl (C=O) groups is 4. The highest BCUT2D eigenvalue weighted by molar-refractivity contribution is 6.58. The third-order valence-electron chi connectivity index (χ3n) is 11.4. The number of amides is 4. The van der Waals surface area contributed by atoms with Gasteiger partial charge in [0.05, 0.1) is 48.8 Å². The number of halogens is 1. The first kappa shape index (κ1) is 34.6. The third-order valence-corrected chi connectivity index (χ3v) is 11.6. The molecule has 0 spiro atoms. The number of allylic oxidation sites excluding steroid dienone is 2. The van der Waals surface area contributed by atoms with E-state index in [0.717, 1.165) is 4.90 Å². The van der Waals surface area contributed by atoms with Crippen molar-refractivity contribution in [2.45, 2.75) is 24.2 Å². The summed E-state index contributed by atoms with van der Waals surface area (Å²) < 4.78 is 11.8. The third kappa shape index (κ3) is 5.03. The van der Waals surface area contributed by atoms with Crippen molar-refractivity contribution in [1.82, 2.24) is 0 Å². The van der Waals surface area contributed by atoms with E-state index in [1.807, 2.05) is 24.3 Å². The Labute approximate surface area is 310 Å². The van der Waals surface area contributed by atoms with Gasteiger partial charge in [0.15, 0.2) is 0 Å². The van der Waals surface area contributed by atoms with Gasteiger partial charge in [-0.1, -0.05) is 71.8 Å². The number of phenolic OH excluding ortho intramolecular Hbond substituents is 1. The largest absolute Gasteiger partial charge is 0.508 e. The molecule has 0 radical (unpaired) electrons. The van der Waals surface area contributed by atoms with Gasteiger partial charge in [-0.25, -0.2) is 4.90 Å². The van der Waals surface area contributed by atoms with Crippen molar-refractivity contribution in [2.24, 2.45) is 23.7 Å². The maximum atomic E-state index is 15.5. The molecule has 53 heavy (non-hydrogen) atoms. The van der Waals surface area contributed by atoms with Gasteiger partial charge in [0.25, 0.3) is 0 Å². The molecular formula is C40H34BClN2O9. The zero-order valence-electron chi connectivity index (χ0n) is 28.7. The van der Waals surface area contributed by atoms with Crippen LogP contribution in [0.15, 0.2) is 103 Å². The fraction of sp³-hybridized carbons (Fsp3) is 0.250. The van der Waals surface area contributed by atoms with E-state index in [4.69, 9.17) is 21.1 Å². The molecule has 268 valence electrons. The number of anilines is 2. The topological polar surface area (TPSA) is 154 Å². The van der Waals surface area contributed by atoms with Crippen LogP contribution in [0.1, 0.15) is 29.9 Å². The molecule has 0 unspecified atom stereocenters. The molecule has 3 fully saturated rings. The minimum atomic E-state index is -1.81. The molecule has 6 atom stereocenters. The first-order chi connectivity index (χ1) is 25.5. The zero-order chi connectivity index (χ0) is 37.3. The fourth-order valence-corrected chi connectivity index (χ4v) is 9.53. The summed E-state index contributed by atoms with van der Waals surface area (Å²) in [6, 6.07) is 24.4. The normalized spacial score (nSPS) is 26.2. The van der Waals surface area contributed by atoms with Crippen LogP contribution in [0.4, 0.5) is 11.4 Å². The molecule has 4 aliphatic rings. The van der Waals surface area contributed by atoms with Crippen molar-refractivity contribution >= 4 is 59.2 Å². The van der Waals surface area contributed by atoms with E-state index in [2.05, 4.69) is 0 Å². The molecule has 2 heterocycles. The number of carbonyl (C=O) groups excluding carboxylic acids is 4. The summed E-state index contributed by atoms with van der Waals surface area (Å²) in [7, 11) is 1.06. The molecule has 4 aromatic rings. The average molecular weight is 733 g/mol. The van der Waals surface area contributed by atoms with Gasteiger partial charge in [0.2, 0.25) is 23.6 Å². The minimum absolute atomic E-state index is 0.0605. The number of imide groups is 2. The number of aromatic hydroxyl groups is 1. The highest BCUT2D eigenvalue weighted by Crippen LogP contribution is 2.66.